The van der Waals surface area contributed by atoms with Crippen LogP contribution in [-0.2, 0) is 14.2 Å². The number of ether oxygens (including phenoxy) is 3. The van der Waals surface area contributed by atoms with Crippen LogP contribution in [0.5, 0.6) is 0 Å². The van der Waals surface area contributed by atoms with Crippen LogP contribution in [0.15, 0.2) is 11.3 Å². The van der Waals surface area contributed by atoms with Gasteiger partial charge in [-0.15, -0.1) is 0 Å². The normalized spacial score (nSPS) is 29.3. The van der Waals surface area contributed by atoms with Crippen molar-refractivity contribution in [3.63, 3.8) is 0 Å². The van der Waals surface area contributed by atoms with E-state index >= 15 is 0 Å². The van der Waals surface area contributed by atoms with Gasteiger partial charge in [-0.05, 0) is 6.92 Å². The van der Waals surface area contributed by atoms with Crippen LogP contribution in [0, 0.1) is 10.8 Å². The van der Waals surface area contributed by atoms with Gasteiger partial charge in [0, 0.05) is 30.6 Å². The monoisotopic (exact) mass is 272 g/mol. The third-order valence-electron chi connectivity index (χ3n) is 5.18. The molecule has 19 heavy (non-hydrogen) atoms. The van der Waals surface area contributed by atoms with Crippen molar-refractivity contribution in [3.05, 3.63) is 11.3 Å². The Morgan fingerprint density at radius 2 is 1.63 bits per heavy atom. The van der Waals surface area contributed by atoms with E-state index < -0.39 is 5.60 Å². The fourth-order valence-electron chi connectivity index (χ4n) is 2.87. The molecule has 0 aromatic carbocycles. The van der Waals surface area contributed by atoms with E-state index in [9.17, 15) is 5.11 Å². The molecule has 0 fully saturated rings. The lowest BCUT2D eigenvalue weighted by Crippen LogP contribution is -2.59. The molecule has 112 valence electrons. The molecule has 0 aromatic heterocycles. The van der Waals surface area contributed by atoms with Crippen LogP contribution in [-0.4, -0.2) is 44.7 Å². The summed E-state index contributed by atoms with van der Waals surface area (Å²) in [5.74, 6) is 0.616. The molecule has 0 saturated carbocycles. The second-order valence-electron chi connectivity index (χ2n) is 6.51. The Morgan fingerprint density at radius 1 is 1.05 bits per heavy atom. The van der Waals surface area contributed by atoms with Crippen molar-refractivity contribution in [2.45, 2.75) is 40.2 Å². The lowest BCUT2D eigenvalue weighted by atomic mass is 9.55. The highest BCUT2D eigenvalue weighted by atomic mass is 16.6. The maximum atomic E-state index is 9.61. The first-order valence-electron chi connectivity index (χ1n) is 6.68. The number of aliphatic hydroxyl groups excluding tert-OH is 1. The Kier molecular flexibility index (Phi) is 4.71. The minimum atomic E-state index is -0.486. The predicted octanol–water partition coefficient (Wildman–Crippen LogP) is 2.37. The Hall–Kier alpha value is -0.580. The molecule has 1 unspecified atom stereocenters. The zero-order valence-corrected chi connectivity index (χ0v) is 13.3. The number of aliphatic hydroxyl groups is 1. The average Bonchev–Trinajstić information content (AvgIpc) is 2.32. The van der Waals surface area contributed by atoms with Crippen molar-refractivity contribution in [2.75, 3.05) is 34.0 Å². The molecule has 1 heterocycles. The van der Waals surface area contributed by atoms with Crippen molar-refractivity contribution in [1.29, 1.82) is 0 Å². The van der Waals surface area contributed by atoms with E-state index in [0.29, 0.717) is 19.0 Å². The zero-order chi connectivity index (χ0) is 14.9. The van der Waals surface area contributed by atoms with Gasteiger partial charge in [-0.3, -0.25) is 0 Å². The Morgan fingerprint density at radius 3 is 2.05 bits per heavy atom. The van der Waals surface area contributed by atoms with Gasteiger partial charge < -0.3 is 19.3 Å². The van der Waals surface area contributed by atoms with Crippen LogP contribution < -0.4 is 0 Å². The second kappa shape index (κ2) is 5.43. The van der Waals surface area contributed by atoms with Gasteiger partial charge in [0.2, 0.25) is 0 Å². The van der Waals surface area contributed by atoms with Crippen LogP contribution >= 0.6 is 0 Å². The Labute approximate surface area is 116 Å². The first-order valence-corrected chi connectivity index (χ1v) is 6.68. The Balaban J connectivity index is 3.37. The van der Waals surface area contributed by atoms with Crippen molar-refractivity contribution in [2.24, 2.45) is 10.8 Å². The maximum absolute atomic E-state index is 9.61. The first-order chi connectivity index (χ1) is 8.68. The van der Waals surface area contributed by atoms with Gasteiger partial charge in [0.15, 0.2) is 0 Å². The van der Waals surface area contributed by atoms with Gasteiger partial charge in [0.25, 0.3) is 0 Å². The third kappa shape index (κ3) is 2.41. The molecule has 0 aromatic rings. The lowest BCUT2D eigenvalue weighted by molar-refractivity contribution is -0.177. The van der Waals surface area contributed by atoms with Crippen LogP contribution in [0.25, 0.3) is 0 Å². The van der Waals surface area contributed by atoms with Gasteiger partial charge in [0.1, 0.15) is 18.0 Å². The summed E-state index contributed by atoms with van der Waals surface area (Å²) in [6, 6.07) is 0. The summed E-state index contributed by atoms with van der Waals surface area (Å²) in [5, 5.41) is 9.61. The SMILES string of the molecule is COCC1=C(CO)OC(C)(COC)C(C)(C)C1(C)C. The quantitative estimate of drug-likeness (QED) is 0.834. The fourth-order valence-corrected chi connectivity index (χ4v) is 2.87. The Bertz CT molecular complexity index is 357. The standard InChI is InChI=1S/C15H28O4/c1-13(2)11(9-17-6)12(8-16)19-15(5,10-18-7)14(13,3)4/h16H,8-10H2,1-7H3. The van der Waals surface area contributed by atoms with E-state index in [0.717, 1.165) is 5.57 Å². The third-order valence-corrected chi connectivity index (χ3v) is 5.18. The summed E-state index contributed by atoms with van der Waals surface area (Å²) in [6.45, 7) is 11.6. The van der Waals surface area contributed by atoms with Crippen molar-refractivity contribution in [1.82, 2.24) is 0 Å². The van der Waals surface area contributed by atoms with E-state index in [1.54, 1.807) is 14.2 Å². The van der Waals surface area contributed by atoms with E-state index in [2.05, 4.69) is 27.7 Å². The number of hydrogen-bond acceptors (Lipinski definition) is 4. The molecule has 1 atom stereocenters. The topological polar surface area (TPSA) is 47.9 Å². The molecule has 1 aliphatic heterocycles. The summed E-state index contributed by atoms with van der Waals surface area (Å²) < 4.78 is 16.7. The summed E-state index contributed by atoms with van der Waals surface area (Å²) >= 11 is 0. The number of rotatable bonds is 5. The summed E-state index contributed by atoms with van der Waals surface area (Å²) in [5.41, 5.74) is 0.214. The smallest absolute Gasteiger partial charge is 0.135 e. The summed E-state index contributed by atoms with van der Waals surface area (Å²) in [7, 11) is 3.33. The maximum Gasteiger partial charge on any atom is 0.135 e. The molecule has 0 spiro atoms. The molecule has 4 nitrogen and oxygen atoms in total. The predicted molar refractivity (Wildman–Crippen MR) is 74.9 cm³/mol. The van der Waals surface area contributed by atoms with Crippen LogP contribution in [0.4, 0.5) is 0 Å². The van der Waals surface area contributed by atoms with Crippen molar-refractivity contribution >= 4 is 0 Å². The number of methoxy groups -OCH3 is 2. The zero-order valence-electron chi connectivity index (χ0n) is 13.3. The summed E-state index contributed by atoms with van der Waals surface area (Å²) in [4.78, 5) is 0. The minimum Gasteiger partial charge on any atom is -0.486 e. The van der Waals surface area contributed by atoms with Gasteiger partial charge in [0.05, 0.1) is 13.2 Å². The highest BCUT2D eigenvalue weighted by Crippen LogP contribution is 2.57. The summed E-state index contributed by atoms with van der Waals surface area (Å²) in [6.07, 6.45) is 0. The highest BCUT2D eigenvalue weighted by Gasteiger charge is 2.57. The fraction of sp³-hybridized carbons (Fsp3) is 0.867. The molecule has 0 bridgehead atoms. The molecule has 4 heteroatoms. The minimum absolute atomic E-state index is 0.114. The van der Waals surface area contributed by atoms with E-state index in [1.807, 2.05) is 6.92 Å². The highest BCUT2D eigenvalue weighted by molar-refractivity contribution is 5.28. The van der Waals surface area contributed by atoms with E-state index in [1.165, 1.54) is 0 Å². The first kappa shape index (κ1) is 16.5. The number of hydrogen-bond donors (Lipinski definition) is 1. The molecule has 1 aliphatic rings. The van der Waals surface area contributed by atoms with Gasteiger partial charge >= 0.3 is 0 Å². The lowest BCUT2D eigenvalue weighted by Gasteiger charge is -2.57. The van der Waals surface area contributed by atoms with Gasteiger partial charge in [-0.2, -0.15) is 0 Å². The van der Waals surface area contributed by atoms with E-state index in [-0.39, 0.29) is 17.4 Å². The molecular formula is C15H28O4. The van der Waals surface area contributed by atoms with Crippen molar-refractivity contribution < 1.29 is 19.3 Å². The van der Waals surface area contributed by atoms with Gasteiger partial charge in [-0.1, -0.05) is 27.7 Å². The molecule has 1 rings (SSSR count). The molecule has 0 radical (unpaired) electrons. The van der Waals surface area contributed by atoms with E-state index in [4.69, 9.17) is 14.2 Å². The molecule has 0 saturated heterocycles. The molecule has 1 N–H and O–H groups in total. The molecule has 0 amide bonds. The largest absolute Gasteiger partial charge is 0.486 e. The van der Waals surface area contributed by atoms with Crippen LogP contribution in [0.3, 0.4) is 0 Å². The van der Waals surface area contributed by atoms with Crippen LogP contribution in [0.1, 0.15) is 34.6 Å². The average molecular weight is 272 g/mol. The van der Waals surface area contributed by atoms with Crippen LogP contribution in [0.2, 0.25) is 0 Å². The molecule has 0 aliphatic carbocycles. The van der Waals surface area contributed by atoms with Gasteiger partial charge in [-0.25, -0.2) is 0 Å². The molecular weight excluding hydrogens is 244 g/mol. The van der Waals surface area contributed by atoms with Crippen molar-refractivity contribution in [3.8, 4) is 0 Å². The second-order valence-corrected chi connectivity index (χ2v) is 6.51.